The van der Waals surface area contributed by atoms with E-state index in [0.29, 0.717) is 5.82 Å². The highest BCUT2D eigenvalue weighted by atomic mass is 16.4. The molecule has 1 N–H and O–H groups in total. The smallest absolute Gasteiger partial charge is 0.328 e. The van der Waals surface area contributed by atoms with Gasteiger partial charge < -0.3 is 10.0 Å². The first-order chi connectivity index (χ1) is 8.00. The average Bonchev–Trinajstić information content (AvgIpc) is 2.56. The van der Waals surface area contributed by atoms with E-state index in [1.54, 1.807) is 12.1 Å². The summed E-state index contributed by atoms with van der Waals surface area (Å²) in [5, 5.41) is 8.98. The van der Waals surface area contributed by atoms with Crippen LogP contribution >= 0.6 is 0 Å². The molecule has 2 rings (SSSR count). The summed E-state index contributed by atoms with van der Waals surface area (Å²) in [5.41, 5.74) is 0.789. The van der Waals surface area contributed by atoms with E-state index in [4.69, 9.17) is 5.11 Å². The number of aliphatic carboxylic acids is 1. The van der Waals surface area contributed by atoms with E-state index in [2.05, 4.69) is 4.98 Å². The van der Waals surface area contributed by atoms with Gasteiger partial charge in [0.1, 0.15) is 11.9 Å². The molecule has 0 saturated carbocycles. The second-order valence-corrected chi connectivity index (χ2v) is 4.00. The predicted molar refractivity (Wildman–Crippen MR) is 60.9 cm³/mol. The Balaban J connectivity index is 2.30. The molecule has 0 aliphatic carbocycles. The van der Waals surface area contributed by atoms with Gasteiger partial charge in [-0.2, -0.15) is 0 Å². The standard InChI is InChI=1S/C11H13N3O3/c1-7-4-3-5-9(12-7)14-6-8(10(15)16)13(2)11(14)17/h3-5,8H,6H2,1-2H3,(H,15,16). The summed E-state index contributed by atoms with van der Waals surface area (Å²) in [6.07, 6.45) is 0. The summed E-state index contributed by atoms with van der Waals surface area (Å²) in [6.45, 7) is 1.95. The Morgan fingerprint density at radius 1 is 1.53 bits per heavy atom. The molecule has 17 heavy (non-hydrogen) atoms. The molecule has 1 aliphatic rings. The van der Waals surface area contributed by atoms with Crippen molar-refractivity contribution in [2.75, 3.05) is 18.5 Å². The lowest BCUT2D eigenvalue weighted by Gasteiger charge is -2.14. The number of amides is 2. The largest absolute Gasteiger partial charge is 0.480 e. The molecule has 1 saturated heterocycles. The summed E-state index contributed by atoms with van der Waals surface area (Å²) >= 11 is 0. The molecule has 1 unspecified atom stereocenters. The van der Waals surface area contributed by atoms with Crippen LogP contribution in [0.2, 0.25) is 0 Å². The molecule has 0 bridgehead atoms. The minimum absolute atomic E-state index is 0.126. The van der Waals surface area contributed by atoms with Crippen molar-refractivity contribution in [2.45, 2.75) is 13.0 Å². The van der Waals surface area contributed by atoms with Crippen LogP contribution in [0.3, 0.4) is 0 Å². The van der Waals surface area contributed by atoms with Crippen LogP contribution in [0.15, 0.2) is 18.2 Å². The van der Waals surface area contributed by atoms with Gasteiger partial charge in [0.25, 0.3) is 0 Å². The van der Waals surface area contributed by atoms with Gasteiger partial charge in [-0.15, -0.1) is 0 Å². The highest BCUT2D eigenvalue weighted by Crippen LogP contribution is 2.21. The fraction of sp³-hybridized carbons (Fsp3) is 0.364. The van der Waals surface area contributed by atoms with Crippen molar-refractivity contribution in [2.24, 2.45) is 0 Å². The monoisotopic (exact) mass is 235 g/mol. The Kier molecular flexibility index (Phi) is 2.71. The van der Waals surface area contributed by atoms with Gasteiger partial charge in [-0.3, -0.25) is 4.90 Å². The Morgan fingerprint density at radius 2 is 2.24 bits per heavy atom. The zero-order valence-electron chi connectivity index (χ0n) is 9.62. The number of aromatic nitrogens is 1. The molecule has 0 spiro atoms. The summed E-state index contributed by atoms with van der Waals surface area (Å²) in [6, 6.07) is 4.16. The average molecular weight is 235 g/mol. The van der Waals surface area contributed by atoms with Gasteiger partial charge in [-0.05, 0) is 19.1 Å². The van der Waals surface area contributed by atoms with Crippen molar-refractivity contribution in [3.8, 4) is 0 Å². The van der Waals surface area contributed by atoms with E-state index in [1.165, 1.54) is 16.8 Å². The Hall–Kier alpha value is -2.11. The number of pyridine rings is 1. The predicted octanol–water partition coefficient (Wildman–Crippen LogP) is 0.715. The van der Waals surface area contributed by atoms with Crippen LogP contribution in [-0.2, 0) is 4.79 Å². The van der Waals surface area contributed by atoms with Crippen molar-refractivity contribution >= 4 is 17.8 Å². The van der Waals surface area contributed by atoms with Crippen LogP contribution in [0, 0.1) is 6.92 Å². The summed E-state index contributed by atoms with van der Waals surface area (Å²) in [5.74, 6) is -0.512. The molecule has 90 valence electrons. The van der Waals surface area contributed by atoms with E-state index in [0.717, 1.165) is 5.69 Å². The highest BCUT2D eigenvalue weighted by molar-refractivity contribution is 5.98. The molecule has 1 fully saturated rings. The third-order valence-electron chi connectivity index (χ3n) is 2.79. The number of anilines is 1. The maximum absolute atomic E-state index is 11.9. The highest BCUT2D eigenvalue weighted by Gasteiger charge is 2.40. The summed E-state index contributed by atoms with van der Waals surface area (Å²) < 4.78 is 0. The van der Waals surface area contributed by atoms with Crippen LogP contribution in [0.25, 0.3) is 0 Å². The van der Waals surface area contributed by atoms with E-state index in [1.807, 2.05) is 13.0 Å². The number of hydrogen-bond acceptors (Lipinski definition) is 3. The van der Waals surface area contributed by atoms with Crippen LogP contribution in [0.5, 0.6) is 0 Å². The molecule has 1 aliphatic heterocycles. The number of carboxylic acid groups (broad SMARTS) is 1. The number of urea groups is 1. The lowest BCUT2D eigenvalue weighted by molar-refractivity contribution is -0.140. The minimum atomic E-state index is -1.00. The van der Waals surface area contributed by atoms with E-state index in [9.17, 15) is 9.59 Å². The van der Waals surface area contributed by atoms with Gasteiger partial charge in [0.15, 0.2) is 0 Å². The lowest BCUT2D eigenvalue weighted by Crippen LogP contribution is -2.36. The maximum atomic E-state index is 11.9. The van der Waals surface area contributed by atoms with Gasteiger partial charge in [-0.1, -0.05) is 6.07 Å². The molecule has 6 nitrogen and oxygen atoms in total. The van der Waals surface area contributed by atoms with Crippen molar-refractivity contribution in [3.63, 3.8) is 0 Å². The molecular formula is C11H13N3O3. The zero-order valence-corrected chi connectivity index (χ0v) is 9.62. The zero-order chi connectivity index (χ0) is 12.6. The molecule has 0 radical (unpaired) electrons. The SMILES string of the molecule is Cc1cccc(N2CC(C(=O)O)N(C)C2=O)n1. The second-order valence-electron chi connectivity index (χ2n) is 4.00. The Labute approximate surface area is 98.5 Å². The minimum Gasteiger partial charge on any atom is -0.480 e. The van der Waals surface area contributed by atoms with Crippen molar-refractivity contribution in [1.82, 2.24) is 9.88 Å². The number of aryl methyl sites for hydroxylation is 1. The number of carbonyl (C=O) groups is 2. The number of carboxylic acids is 1. The van der Waals surface area contributed by atoms with Gasteiger partial charge in [0, 0.05) is 12.7 Å². The van der Waals surface area contributed by atoms with Crippen LogP contribution in [-0.4, -0.2) is 46.6 Å². The molecule has 1 aromatic heterocycles. The van der Waals surface area contributed by atoms with Crippen LogP contribution < -0.4 is 4.90 Å². The Morgan fingerprint density at radius 3 is 2.76 bits per heavy atom. The summed E-state index contributed by atoms with van der Waals surface area (Å²) in [7, 11) is 1.48. The Bertz CT molecular complexity index is 475. The van der Waals surface area contributed by atoms with Crippen molar-refractivity contribution < 1.29 is 14.7 Å². The molecule has 1 atom stereocenters. The fourth-order valence-electron chi connectivity index (χ4n) is 1.81. The third-order valence-corrected chi connectivity index (χ3v) is 2.79. The quantitative estimate of drug-likeness (QED) is 0.819. The summed E-state index contributed by atoms with van der Waals surface area (Å²) in [4.78, 5) is 29.7. The molecule has 6 heteroatoms. The van der Waals surface area contributed by atoms with Gasteiger partial charge >= 0.3 is 12.0 Å². The van der Waals surface area contributed by atoms with Crippen molar-refractivity contribution in [3.05, 3.63) is 23.9 Å². The molecule has 0 aromatic carbocycles. The second kappa shape index (κ2) is 4.04. The number of nitrogens with zero attached hydrogens (tertiary/aromatic N) is 3. The van der Waals surface area contributed by atoms with Crippen molar-refractivity contribution in [1.29, 1.82) is 0 Å². The molecule has 2 amide bonds. The lowest BCUT2D eigenvalue weighted by atomic mass is 10.3. The number of carbonyl (C=O) groups excluding carboxylic acids is 1. The van der Waals surface area contributed by atoms with Crippen LogP contribution in [0.4, 0.5) is 10.6 Å². The third kappa shape index (κ3) is 1.93. The number of rotatable bonds is 2. The first-order valence-electron chi connectivity index (χ1n) is 5.21. The normalized spacial score (nSPS) is 19.9. The van der Waals surface area contributed by atoms with E-state index >= 15 is 0 Å². The molecule has 1 aromatic rings. The maximum Gasteiger partial charge on any atom is 0.328 e. The van der Waals surface area contributed by atoms with E-state index in [-0.39, 0.29) is 12.6 Å². The van der Waals surface area contributed by atoms with E-state index < -0.39 is 12.0 Å². The first-order valence-corrected chi connectivity index (χ1v) is 5.21. The first kappa shape index (κ1) is 11.4. The van der Waals surface area contributed by atoms with Gasteiger partial charge in [0.05, 0.1) is 6.54 Å². The van der Waals surface area contributed by atoms with Gasteiger partial charge in [0.2, 0.25) is 0 Å². The number of likely N-dealkylation sites (N-methyl/N-ethyl adjacent to an activating group) is 1. The van der Waals surface area contributed by atoms with Gasteiger partial charge in [-0.25, -0.2) is 14.6 Å². The van der Waals surface area contributed by atoms with Crippen LogP contribution in [0.1, 0.15) is 5.69 Å². The molecule has 2 heterocycles. The molecular weight excluding hydrogens is 222 g/mol. The fourth-order valence-corrected chi connectivity index (χ4v) is 1.81. The topological polar surface area (TPSA) is 73.7 Å². The number of hydrogen-bond donors (Lipinski definition) is 1.